The number of nitrogens with zero attached hydrogens (tertiary/aromatic N) is 1. The molecule has 0 N–H and O–H groups in total. The summed E-state index contributed by atoms with van der Waals surface area (Å²) < 4.78 is 7.84. The molecule has 35 heavy (non-hydrogen) atoms. The van der Waals surface area contributed by atoms with Gasteiger partial charge in [0.05, 0.1) is 0 Å². The summed E-state index contributed by atoms with van der Waals surface area (Å²) >= 11 is -2.05. The average Bonchev–Trinajstić information content (AvgIpc) is 3.29. The third kappa shape index (κ3) is 3.92. The molecule has 5 rings (SSSR count). The van der Waals surface area contributed by atoms with Gasteiger partial charge in [0.1, 0.15) is 0 Å². The monoisotopic (exact) mass is 523 g/mol. The van der Waals surface area contributed by atoms with E-state index in [1.54, 1.807) is 0 Å². The Bertz CT molecular complexity index is 1450. The van der Waals surface area contributed by atoms with Crippen LogP contribution in [0.1, 0.15) is 45.7 Å². The molecule has 178 valence electrons. The maximum atomic E-state index is 6.31. The summed E-state index contributed by atoms with van der Waals surface area (Å²) in [5, 5.41) is 6.30. The van der Waals surface area contributed by atoms with Crippen LogP contribution in [0.2, 0.25) is 15.8 Å². The first-order valence-corrected chi connectivity index (χ1v) is 18.4. The topological polar surface area (TPSA) is 26.0 Å². The Kier molecular flexibility index (Phi) is 6.35. The van der Waals surface area contributed by atoms with Gasteiger partial charge in [-0.05, 0) is 0 Å². The van der Waals surface area contributed by atoms with Crippen molar-refractivity contribution in [1.82, 2.24) is 4.98 Å². The first-order chi connectivity index (χ1) is 16.9. The molecule has 0 fully saturated rings. The number of rotatable bonds is 7. The minimum absolute atomic E-state index is 0.235. The van der Waals surface area contributed by atoms with E-state index in [0.29, 0.717) is 0 Å². The molecule has 0 atom stereocenters. The van der Waals surface area contributed by atoms with Gasteiger partial charge in [0.25, 0.3) is 0 Å². The number of benzene rings is 3. The Morgan fingerprint density at radius 3 is 2.09 bits per heavy atom. The average molecular weight is 522 g/mol. The van der Waals surface area contributed by atoms with Crippen molar-refractivity contribution in [3.05, 3.63) is 96.2 Å². The normalized spacial score (nSPS) is 12.5. The first kappa shape index (κ1) is 23.9. The van der Waals surface area contributed by atoms with Gasteiger partial charge < -0.3 is 0 Å². The molecule has 0 radical (unpaired) electrons. The summed E-state index contributed by atoms with van der Waals surface area (Å²) in [6, 6.07) is 28.2. The van der Waals surface area contributed by atoms with Gasteiger partial charge >= 0.3 is 212 Å². The van der Waals surface area contributed by atoms with Crippen molar-refractivity contribution < 1.29 is 4.42 Å². The van der Waals surface area contributed by atoms with Crippen molar-refractivity contribution in [2.45, 2.75) is 55.8 Å². The molecule has 0 amide bonds. The molecular formula is C32H35GeNO. The van der Waals surface area contributed by atoms with Gasteiger partial charge in [-0.15, -0.1) is 0 Å². The van der Waals surface area contributed by atoms with E-state index in [4.69, 9.17) is 9.40 Å². The van der Waals surface area contributed by atoms with E-state index in [1.165, 1.54) is 42.2 Å². The van der Waals surface area contributed by atoms with Gasteiger partial charge in [-0.1, -0.05) is 0 Å². The zero-order chi connectivity index (χ0) is 24.6. The second-order valence-electron chi connectivity index (χ2n) is 10.2. The number of para-hydroxylation sites is 1. The molecule has 5 aromatic rings. The zero-order valence-corrected chi connectivity index (χ0v) is 23.7. The number of pyridine rings is 1. The van der Waals surface area contributed by atoms with Crippen LogP contribution in [0.25, 0.3) is 33.2 Å². The minimum atomic E-state index is -2.05. The molecule has 0 aliphatic carbocycles. The van der Waals surface area contributed by atoms with E-state index in [0.717, 1.165) is 22.2 Å². The van der Waals surface area contributed by atoms with Crippen LogP contribution >= 0.6 is 0 Å². The zero-order valence-electron chi connectivity index (χ0n) is 21.6. The molecule has 0 spiro atoms. The number of furan rings is 1. The standard InChI is InChI=1S/C32H35GeNO/c1-6-33(7-2,8-3)24-18-20-27(34-22-24)25-19-21-29-30(26-16-12-13-17-28(26)35-29)31(25)32(4,5)23-14-10-9-11-15-23/h9-22H,6-8H2,1-5H3. The van der Waals surface area contributed by atoms with Crippen molar-refractivity contribution in [1.29, 1.82) is 0 Å². The van der Waals surface area contributed by atoms with Crippen LogP contribution in [-0.2, 0) is 5.41 Å². The van der Waals surface area contributed by atoms with Gasteiger partial charge in [-0.25, -0.2) is 0 Å². The van der Waals surface area contributed by atoms with Gasteiger partial charge in [0, 0.05) is 0 Å². The van der Waals surface area contributed by atoms with Crippen LogP contribution in [0.4, 0.5) is 0 Å². The summed E-state index contributed by atoms with van der Waals surface area (Å²) in [7, 11) is 0. The molecule has 2 aromatic heterocycles. The molecular weight excluding hydrogens is 487 g/mol. The molecule has 0 saturated carbocycles. The fourth-order valence-corrected chi connectivity index (χ4v) is 13.3. The predicted octanol–water partition coefficient (Wildman–Crippen LogP) is 8.69. The van der Waals surface area contributed by atoms with E-state index in [2.05, 4.69) is 114 Å². The van der Waals surface area contributed by atoms with E-state index in [-0.39, 0.29) is 5.41 Å². The summed E-state index contributed by atoms with van der Waals surface area (Å²) in [5.41, 5.74) is 6.42. The van der Waals surface area contributed by atoms with E-state index in [1.807, 2.05) is 6.07 Å². The van der Waals surface area contributed by atoms with Crippen LogP contribution in [-0.4, -0.2) is 18.3 Å². The van der Waals surface area contributed by atoms with Crippen molar-refractivity contribution >= 4 is 39.6 Å². The SMILES string of the molecule is C[CH2][Ge]([CH2]C)([CH2]C)[c]1ccc(-c2ccc3oc4ccccc4c3c2C(C)(C)c2ccccc2)nc1. The molecule has 0 aliphatic rings. The van der Waals surface area contributed by atoms with E-state index in [9.17, 15) is 0 Å². The number of hydrogen-bond acceptors (Lipinski definition) is 2. The Balaban J connectivity index is 1.78. The second kappa shape index (κ2) is 9.31. The summed E-state index contributed by atoms with van der Waals surface area (Å²) in [6.07, 6.45) is 2.20. The van der Waals surface area contributed by atoms with Crippen molar-refractivity contribution in [3.8, 4) is 11.3 Å². The van der Waals surface area contributed by atoms with Crippen molar-refractivity contribution in [2.24, 2.45) is 0 Å². The Labute approximate surface area is 211 Å². The molecule has 3 heteroatoms. The molecule has 0 aliphatic heterocycles. The van der Waals surface area contributed by atoms with Crippen molar-refractivity contribution in [3.63, 3.8) is 0 Å². The number of hydrogen-bond donors (Lipinski definition) is 0. The molecule has 0 unspecified atom stereocenters. The van der Waals surface area contributed by atoms with Crippen LogP contribution < -0.4 is 4.40 Å². The molecule has 3 aromatic carbocycles. The van der Waals surface area contributed by atoms with E-state index >= 15 is 0 Å². The molecule has 2 nitrogen and oxygen atoms in total. The van der Waals surface area contributed by atoms with Crippen molar-refractivity contribution in [2.75, 3.05) is 0 Å². The summed E-state index contributed by atoms with van der Waals surface area (Å²) in [4.78, 5) is 5.11. The Morgan fingerprint density at radius 2 is 1.43 bits per heavy atom. The van der Waals surface area contributed by atoms with Crippen LogP contribution in [0.15, 0.2) is 89.5 Å². The maximum absolute atomic E-state index is 6.31. The van der Waals surface area contributed by atoms with Gasteiger partial charge in [0.2, 0.25) is 0 Å². The molecule has 0 saturated heterocycles. The van der Waals surface area contributed by atoms with Gasteiger partial charge in [0.15, 0.2) is 0 Å². The van der Waals surface area contributed by atoms with Crippen LogP contribution in [0.3, 0.4) is 0 Å². The Hall–Kier alpha value is -2.85. The number of fused-ring (bicyclic) bond motifs is 3. The third-order valence-electron chi connectivity index (χ3n) is 8.35. The van der Waals surface area contributed by atoms with Gasteiger partial charge in [-0.3, -0.25) is 0 Å². The fourth-order valence-electron chi connectivity index (χ4n) is 5.91. The van der Waals surface area contributed by atoms with E-state index < -0.39 is 13.3 Å². The molecule has 0 bridgehead atoms. The second-order valence-corrected chi connectivity index (χ2v) is 21.3. The summed E-state index contributed by atoms with van der Waals surface area (Å²) in [5.74, 6) is 0. The fraction of sp³-hybridized carbons (Fsp3) is 0.281. The molecule has 2 heterocycles. The van der Waals surface area contributed by atoms with Gasteiger partial charge in [-0.2, -0.15) is 0 Å². The summed E-state index contributed by atoms with van der Waals surface area (Å²) in [6.45, 7) is 11.8. The third-order valence-corrected chi connectivity index (χ3v) is 20.1. The quantitative estimate of drug-likeness (QED) is 0.200. The first-order valence-electron chi connectivity index (χ1n) is 12.9. The Morgan fingerprint density at radius 1 is 0.743 bits per heavy atom. The predicted molar refractivity (Wildman–Crippen MR) is 152 cm³/mol. The number of aromatic nitrogens is 1. The van der Waals surface area contributed by atoms with Crippen LogP contribution in [0, 0.1) is 0 Å². The van der Waals surface area contributed by atoms with Crippen LogP contribution in [0.5, 0.6) is 0 Å².